The van der Waals surface area contributed by atoms with Gasteiger partial charge < -0.3 is 9.88 Å². The molecule has 84 valence electrons. The summed E-state index contributed by atoms with van der Waals surface area (Å²) in [6.07, 6.45) is 2.98. The quantitative estimate of drug-likeness (QED) is 0.757. The third-order valence-corrected chi connectivity index (χ3v) is 2.81. The minimum absolute atomic E-state index is 0.909. The summed E-state index contributed by atoms with van der Waals surface area (Å²) in [5.41, 5.74) is 2.65. The molecule has 0 fully saturated rings. The molecular weight excluding hydrogens is 196 g/mol. The first-order valence-corrected chi connectivity index (χ1v) is 5.69. The lowest BCUT2D eigenvalue weighted by Gasteiger charge is -2.08. The molecule has 0 aliphatic rings. The second kappa shape index (κ2) is 4.99. The van der Waals surface area contributed by atoms with Crippen LogP contribution < -0.4 is 5.32 Å². The number of aryl methyl sites for hydroxylation is 1. The zero-order valence-electron chi connectivity index (χ0n) is 9.74. The zero-order valence-corrected chi connectivity index (χ0v) is 9.74. The number of rotatable bonds is 5. The van der Waals surface area contributed by atoms with E-state index in [1.54, 1.807) is 0 Å². The Bertz CT molecular complexity index is 482. The first kappa shape index (κ1) is 11.0. The highest BCUT2D eigenvalue weighted by atomic mass is 15.0. The van der Waals surface area contributed by atoms with Crippen LogP contribution >= 0.6 is 0 Å². The normalized spacial score (nSPS) is 10.8. The number of hydrogen-bond acceptors (Lipinski definition) is 1. The third-order valence-electron chi connectivity index (χ3n) is 2.81. The van der Waals surface area contributed by atoms with Crippen LogP contribution in [0.3, 0.4) is 0 Å². The van der Waals surface area contributed by atoms with Crippen molar-refractivity contribution in [3.05, 3.63) is 48.7 Å². The van der Waals surface area contributed by atoms with E-state index in [1.165, 1.54) is 16.6 Å². The molecule has 1 heterocycles. The molecule has 0 unspecified atom stereocenters. The van der Waals surface area contributed by atoms with Gasteiger partial charge in [-0.1, -0.05) is 24.3 Å². The maximum atomic E-state index is 3.79. The van der Waals surface area contributed by atoms with Crippen LogP contribution in [0.15, 0.2) is 43.0 Å². The molecule has 0 aliphatic heterocycles. The summed E-state index contributed by atoms with van der Waals surface area (Å²) >= 11 is 0. The van der Waals surface area contributed by atoms with Crippen molar-refractivity contribution in [1.29, 1.82) is 0 Å². The highest BCUT2D eigenvalue weighted by Crippen LogP contribution is 2.20. The fourth-order valence-electron chi connectivity index (χ4n) is 2.08. The van der Waals surface area contributed by atoms with Gasteiger partial charge in [0.25, 0.3) is 0 Å². The molecule has 1 N–H and O–H groups in total. The predicted octanol–water partition coefficient (Wildman–Crippen LogP) is 2.94. The van der Waals surface area contributed by atoms with Gasteiger partial charge in [-0.05, 0) is 31.0 Å². The van der Waals surface area contributed by atoms with Crippen LogP contribution in [-0.2, 0) is 13.1 Å². The Kier molecular flexibility index (Phi) is 3.42. The van der Waals surface area contributed by atoms with Gasteiger partial charge in [0, 0.05) is 24.3 Å². The molecule has 0 atom stereocenters. The summed E-state index contributed by atoms with van der Waals surface area (Å²) in [4.78, 5) is 0. The number of allylic oxidation sites excluding steroid dienone is 1. The van der Waals surface area contributed by atoms with Crippen molar-refractivity contribution < 1.29 is 0 Å². The van der Waals surface area contributed by atoms with E-state index in [0.717, 1.165) is 19.5 Å². The maximum Gasteiger partial charge on any atom is 0.0483 e. The Morgan fingerprint density at radius 3 is 2.94 bits per heavy atom. The van der Waals surface area contributed by atoms with Crippen molar-refractivity contribution in [1.82, 2.24) is 9.88 Å². The van der Waals surface area contributed by atoms with E-state index in [9.17, 15) is 0 Å². The summed E-state index contributed by atoms with van der Waals surface area (Å²) in [5.74, 6) is 0. The molecule has 0 bridgehead atoms. The van der Waals surface area contributed by atoms with Gasteiger partial charge in [0.1, 0.15) is 0 Å². The second-order valence-corrected chi connectivity index (χ2v) is 3.95. The smallest absolute Gasteiger partial charge is 0.0483 e. The Morgan fingerprint density at radius 1 is 1.38 bits per heavy atom. The molecule has 2 rings (SSSR count). The van der Waals surface area contributed by atoms with Gasteiger partial charge in [0.05, 0.1) is 0 Å². The van der Waals surface area contributed by atoms with Gasteiger partial charge in [-0.3, -0.25) is 0 Å². The van der Waals surface area contributed by atoms with Crippen LogP contribution in [0.5, 0.6) is 0 Å². The number of fused-ring (bicyclic) bond motifs is 1. The summed E-state index contributed by atoms with van der Waals surface area (Å²) in [5, 5.41) is 4.53. The van der Waals surface area contributed by atoms with Gasteiger partial charge in [-0.2, -0.15) is 0 Å². The summed E-state index contributed by atoms with van der Waals surface area (Å²) in [6.45, 7) is 5.70. The van der Waals surface area contributed by atoms with Crippen molar-refractivity contribution in [2.24, 2.45) is 0 Å². The van der Waals surface area contributed by atoms with Gasteiger partial charge in [0.2, 0.25) is 0 Å². The Balaban J connectivity index is 2.46. The summed E-state index contributed by atoms with van der Waals surface area (Å²) in [7, 11) is 1.98. The highest BCUT2D eigenvalue weighted by Gasteiger charge is 2.06. The fraction of sp³-hybridized carbons (Fsp3) is 0.286. The van der Waals surface area contributed by atoms with Crippen LogP contribution in [0.2, 0.25) is 0 Å². The number of aromatic nitrogens is 1. The average molecular weight is 214 g/mol. The Morgan fingerprint density at radius 2 is 2.19 bits per heavy atom. The summed E-state index contributed by atoms with van der Waals surface area (Å²) < 4.78 is 2.37. The molecule has 0 amide bonds. The van der Waals surface area contributed by atoms with Crippen molar-refractivity contribution in [2.45, 2.75) is 19.5 Å². The molecule has 2 aromatic rings. The first-order chi connectivity index (χ1) is 7.86. The van der Waals surface area contributed by atoms with Crippen molar-refractivity contribution in [3.8, 4) is 0 Å². The molecular formula is C14H18N2. The molecule has 16 heavy (non-hydrogen) atoms. The molecule has 0 saturated heterocycles. The standard InChI is InChI=1S/C14H18N2/c1-3-4-9-16-13(11-15-2)10-12-7-5-6-8-14(12)16/h3,5-8,10,15H,1,4,9,11H2,2H3. The fourth-order valence-corrected chi connectivity index (χ4v) is 2.08. The predicted molar refractivity (Wildman–Crippen MR) is 69.5 cm³/mol. The van der Waals surface area contributed by atoms with Crippen LogP contribution in [0.4, 0.5) is 0 Å². The molecule has 0 saturated carbocycles. The molecule has 2 nitrogen and oxygen atoms in total. The molecule has 1 aromatic heterocycles. The second-order valence-electron chi connectivity index (χ2n) is 3.95. The molecule has 2 heteroatoms. The van der Waals surface area contributed by atoms with E-state index in [-0.39, 0.29) is 0 Å². The molecule has 0 radical (unpaired) electrons. The van der Waals surface area contributed by atoms with Gasteiger partial charge >= 0.3 is 0 Å². The minimum atomic E-state index is 0.909. The zero-order chi connectivity index (χ0) is 11.4. The lowest BCUT2D eigenvalue weighted by atomic mass is 10.2. The average Bonchev–Trinajstić information content (AvgIpc) is 2.65. The minimum Gasteiger partial charge on any atom is -0.343 e. The number of nitrogens with zero attached hydrogens (tertiary/aromatic N) is 1. The number of para-hydroxylation sites is 1. The van der Waals surface area contributed by atoms with Crippen molar-refractivity contribution in [3.63, 3.8) is 0 Å². The van der Waals surface area contributed by atoms with E-state index >= 15 is 0 Å². The topological polar surface area (TPSA) is 17.0 Å². The summed E-state index contributed by atoms with van der Waals surface area (Å²) in [6, 6.07) is 10.8. The highest BCUT2D eigenvalue weighted by molar-refractivity contribution is 5.81. The maximum absolute atomic E-state index is 3.79. The molecule has 0 spiro atoms. The molecule has 0 aliphatic carbocycles. The lowest BCUT2D eigenvalue weighted by molar-refractivity contribution is 0.664. The number of benzene rings is 1. The SMILES string of the molecule is C=CCCn1c(CNC)cc2ccccc21. The largest absolute Gasteiger partial charge is 0.343 e. The number of hydrogen-bond donors (Lipinski definition) is 1. The molecule has 1 aromatic carbocycles. The lowest BCUT2D eigenvalue weighted by Crippen LogP contribution is -2.11. The van der Waals surface area contributed by atoms with Gasteiger partial charge in [0.15, 0.2) is 0 Å². The van der Waals surface area contributed by atoms with Crippen LogP contribution in [0.1, 0.15) is 12.1 Å². The van der Waals surface area contributed by atoms with Crippen molar-refractivity contribution >= 4 is 10.9 Å². The van der Waals surface area contributed by atoms with E-state index in [1.807, 2.05) is 13.1 Å². The third kappa shape index (κ3) is 2.02. The van der Waals surface area contributed by atoms with Gasteiger partial charge in [-0.25, -0.2) is 0 Å². The van der Waals surface area contributed by atoms with E-state index in [4.69, 9.17) is 0 Å². The van der Waals surface area contributed by atoms with E-state index in [2.05, 4.69) is 46.8 Å². The number of nitrogens with one attached hydrogen (secondary N) is 1. The monoisotopic (exact) mass is 214 g/mol. The Labute approximate surface area is 96.6 Å². The Hall–Kier alpha value is -1.54. The van der Waals surface area contributed by atoms with Gasteiger partial charge in [-0.15, -0.1) is 6.58 Å². The van der Waals surface area contributed by atoms with E-state index in [0.29, 0.717) is 0 Å². The van der Waals surface area contributed by atoms with E-state index < -0.39 is 0 Å². The van der Waals surface area contributed by atoms with Crippen LogP contribution in [0.25, 0.3) is 10.9 Å². The van der Waals surface area contributed by atoms with Crippen molar-refractivity contribution in [2.75, 3.05) is 7.05 Å². The van der Waals surface area contributed by atoms with Crippen LogP contribution in [-0.4, -0.2) is 11.6 Å². The first-order valence-electron chi connectivity index (χ1n) is 5.69. The van der Waals surface area contributed by atoms with Crippen LogP contribution in [0, 0.1) is 0 Å².